The van der Waals surface area contributed by atoms with Gasteiger partial charge in [0.1, 0.15) is 0 Å². The van der Waals surface area contributed by atoms with Crippen molar-refractivity contribution in [2.45, 2.75) is 52.5 Å². The van der Waals surface area contributed by atoms with Crippen LogP contribution in [0.1, 0.15) is 47.9 Å². The van der Waals surface area contributed by atoms with Crippen LogP contribution in [0.2, 0.25) is 0 Å². The molecule has 0 unspecified atom stereocenters. The lowest BCUT2D eigenvalue weighted by atomic mass is 9.60. The van der Waals surface area contributed by atoms with Crippen LogP contribution < -0.4 is 5.32 Å². The van der Waals surface area contributed by atoms with E-state index in [2.05, 4.69) is 26.9 Å². The minimum atomic E-state index is 0. The minimum Gasteiger partial charge on any atom is -0.353 e. The van der Waals surface area contributed by atoms with Gasteiger partial charge >= 0.3 is 0 Å². The van der Waals surface area contributed by atoms with Crippen molar-refractivity contribution < 1.29 is 6.22 Å². The molecule has 0 radical (unpaired) electrons. The van der Waals surface area contributed by atoms with Gasteiger partial charge < -0.3 is 15.1 Å². The molecular formula is C20H40N4O. The van der Waals surface area contributed by atoms with E-state index in [-0.39, 0.29) is 13.3 Å². The first-order valence-corrected chi connectivity index (χ1v) is 10.5. The van der Waals surface area contributed by atoms with Crippen LogP contribution in [-0.2, 0) is 4.79 Å². The van der Waals surface area contributed by atoms with Gasteiger partial charge in [-0.15, -0.1) is 0 Å². The first-order valence-electron chi connectivity index (χ1n) is 10.5. The number of piperazine rings is 1. The molecule has 0 aromatic heterocycles. The lowest BCUT2D eigenvalue weighted by molar-refractivity contribution is -0.126. The maximum atomic E-state index is 11.8. The van der Waals surface area contributed by atoms with Crippen LogP contribution in [0.3, 0.4) is 0 Å². The number of piperidine rings is 1. The lowest BCUT2D eigenvalue weighted by Crippen LogP contribution is -2.56. The largest absolute Gasteiger partial charge is 0.353 e. The number of amides is 1. The van der Waals surface area contributed by atoms with Crippen LogP contribution in [-0.4, -0.2) is 85.6 Å². The van der Waals surface area contributed by atoms with Crippen molar-refractivity contribution in [2.75, 3.05) is 58.9 Å². The fourth-order valence-corrected chi connectivity index (χ4v) is 4.73. The molecule has 0 aromatic rings. The topological polar surface area (TPSA) is 38.8 Å². The van der Waals surface area contributed by atoms with Gasteiger partial charge in [-0.05, 0) is 50.7 Å². The first kappa shape index (κ1) is 19.1. The Balaban J connectivity index is 0.00000243. The van der Waals surface area contributed by atoms with Crippen molar-refractivity contribution in [1.29, 1.82) is 0 Å². The Kier molecular flexibility index (Phi) is 6.39. The zero-order chi connectivity index (χ0) is 17.9. The molecule has 146 valence electrons. The number of nitrogens with zero attached hydrogens (tertiary/aromatic N) is 3. The van der Waals surface area contributed by atoms with Gasteiger partial charge in [0.15, 0.2) is 0 Å². The maximum Gasteiger partial charge on any atom is 0.222 e. The molecular weight excluding hydrogens is 312 g/mol. The van der Waals surface area contributed by atoms with Gasteiger partial charge in [0.25, 0.3) is 0 Å². The predicted molar refractivity (Wildman–Crippen MR) is 105 cm³/mol. The van der Waals surface area contributed by atoms with Crippen molar-refractivity contribution in [1.82, 2.24) is 20.0 Å². The highest BCUT2D eigenvalue weighted by Gasteiger charge is 2.46. The van der Waals surface area contributed by atoms with Gasteiger partial charge in [0.05, 0.1) is 0 Å². The van der Waals surface area contributed by atoms with Gasteiger partial charge in [-0.25, -0.2) is 0 Å². The normalized spacial score (nSPS) is 26.1. The summed E-state index contributed by atoms with van der Waals surface area (Å²) in [5.41, 5.74) is 0.540. The monoisotopic (exact) mass is 352 g/mol. The zero-order valence-corrected chi connectivity index (χ0v) is 16.6. The summed E-state index contributed by atoms with van der Waals surface area (Å²) in [6.45, 7) is 17.3. The van der Waals surface area contributed by atoms with Crippen molar-refractivity contribution in [3.05, 3.63) is 0 Å². The summed E-state index contributed by atoms with van der Waals surface area (Å²) in [5.74, 6) is 0.332. The van der Waals surface area contributed by atoms with E-state index >= 15 is 0 Å². The smallest absolute Gasteiger partial charge is 0.222 e. The molecule has 0 atom stereocenters. The molecule has 5 nitrogen and oxygen atoms in total. The third-order valence-corrected chi connectivity index (χ3v) is 6.79. The molecule has 3 aliphatic rings. The number of carbonyl (C=O) groups excluding carboxylic acids is 1. The predicted octanol–water partition coefficient (Wildman–Crippen LogP) is 1.89. The van der Waals surface area contributed by atoms with Crippen LogP contribution >= 0.6 is 0 Å². The number of hydrogen-bond acceptors (Lipinski definition) is 4. The first-order chi connectivity index (χ1) is 12.0. The van der Waals surface area contributed by atoms with Gasteiger partial charge in [-0.3, -0.25) is 9.69 Å². The summed E-state index contributed by atoms with van der Waals surface area (Å²) < 4.78 is 0. The number of carbonyl (C=O) groups is 1. The summed E-state index contributed by atoms with van der Waals surface area (Å²) >= 11 is 0. The summed E-state index contributed by atoms with van der Waals surface area (Å²) in [5, 5.41) is 3.21. The van der Waals surface area contributed by atoms with Gasteiger partial charge in [0.2, 0.25) is 5.91 Å². The van der Waals surface area contributed by atoms with Gasteiger partial charge in [0, 0.05) is 52.7 Å². The van der Waals surface area contributed by atoms with E-state index in [4.69, 9.17) is 0 Å². The highest BCUT2D eigenvalue weighted by molar-refractivity contribution is 5.78. The molecule has 1 spiro atoms. The number of rotatable bonds is 6. The molecule has 0 aromatic carbocycles. The Labute approximate surface area is 155 Å². The third-order valence-electron chi connectivity index (χ3n) is 6.79. The Morgan fingerprint density at radius 3 is 2.04 bits per heavy atom. The van der Waals surface area contributed by atoms with Crippen LogP contribution in [0.25, 0.3) is 0 Å². The van der Waals surface area contributed by atoms with E-state index in [1.54, 1.807) is 0 Å². The number of hydrogen-bond donors (Lipinski definition) is 1. The minimum absolute atomic E-state index is 0. The fourth-order valence-electron chi connectivity index (χ4n) is 4.73. The standard InChI is InChI=1S/C20H38N4O.H2/c1-4-22-9-11-24(12-10-22)14-13-23-7-5-20(6-8-23)15-18(16-20)21-19(25)17(2)3;/h17-18H,4-16H2,1-3H3,(H,21,25);1H. The van der Waals surface area contributed by atoms with Crippen molar-refractivity contribution >= 4 is 5.91 Å². The molecule has 2 saturated heterocycles. The van der Waals surface area contributed by atoms with E-state index in [9.17, 15) is 4.79 Å². The average Bonchev–Trinajstić information content (AvgIpc) is 2.60. The Morgan fingerprint density at radius 1 is 1.00 bits per heavy atom. The maximum absolute atomic E-state index is 11.8. The SMILES string of the molecule is CCN1CCN(CCN2CCC3(CC2)CC(NC(=O)C(C)C)C3)CC1.[HH]. The highest BCUT2D eigenvalue weighted by atomic mass is 16.1. The molecule has 1 saturated carbocycles. The van der Waals surface area contributed by atoms with Crippen LogP contribution in [0, 0.1) is 11.3 Å². The quantitative estimate of drug-likeness (QED) is 0.792. The summed E-state index contributed by atoms with van der Waals surface area (Å²) in [6.07, 6.45) is 5.06. The van der Waals surface area contributed by atoms with Crippen LogP contribution in [0.15, 0.2) is 0 Å². The lowest BCUT2D eigenvalue weighted by Gasteiger charge is -2.52. The molecule has 3 rings (SSSR count). The number of likely N-dealkylation sites (tertiary alicyclic amines) is 1. The molecule has 5 heteroatoms. The van der Waals surface area contributed by atoms with E-state index in [1.165, 1.54) is 84.6 Å². The summed E-state index contributed by atoms with van der Waals surface area (Å²) in [6, 6.07) is 0.441. The average molecular weight is 353 g/mol. The summed E-state index contributed by atoms with van der Waals surface area (Å²) in [7, 11) is 0. The Bertz CT molecular complexity index is 435. The molecule has 3 fully saturated rings. The van der Waals surface area contributed by atoms with E-state index in [1.807, 2.05) is 13.8 Å². The second-order valence-corrected chi connectivity index (χ2v) is 8.89. The van der Waals surface area contributed by atoms with Crippen LogP contribution in [0.4, 0.5) is 0 Å². The van der Waals surface area contributed by atoms with Crippen LogP contribution in [0.5, 0.6) is 0 Å². The Hall–Kier alpha value is -0.650. The molecule has 2 aliphatic heterocycles. The third kappa shape index (κ3) is 4.95. The van der Waals surface area contributed by atoms with Gasteiger partial charge in [-0.2, -0.15) is 0 Å². The van der Waals surface area contributed by atoms with Crippen molar-refractivity contribution in [2.24, 2.45) is 11.3 Å². The second kappa shape index (κ2) is 8.36. The van der Waals surface area contributed by atoms with E-state index < -0.39 is 0 Å². The highest BCUT2D eigenvalue weighted by Crippen LogP contribution is 2.49. The molecule has 1 aliphatic carbocycles. The van der Waals surface area contributed by atoms with Crippen molar-refractivity contribution in [3.63, 3.8) is 0 Å². The Morgan fingerprint density at radius 2 is 1.52 bits per heavy atom. The fraction of sp³-hybridized carbons (Fsp3) is 0.950. The van der Waals surface area contributed by atoms with Crippen molar-refractivity contribution in [3.8, 4) is 0 Å². The number of likely N-dealkylation sites (N-methyl/N-ethyl adjacent to an activating group) is 1. The zero-order valence-electron chi connectivity index (χ0n) is 16.6. The second-order valence-electron chi connectivity index (χ2n) is 8.89. The molecule has 2 heterocycles. The van der Waals surface area contributed by atoms with E-state index in [0.717, 1.165) is 0 Å². The van der Waals surface area contributed by atoms with Gasteiger partial charge in [-0.1, -0.05) is 20.8 Å². The molecule has 1 N–H and O–H groups in total. The molecule has 25 heavy (non-hydrogen) atoms. The molecule has 1 amide bonds. The molecule has 0 bridgehead atoms. The number of nitrogens with one attached hydrogen (secondary N) is 1. The van der Waals surface area contributed by atoms with E-state index in [0.29, 0.717) is 11.5 Å². The summed E-state index contributed by atoms with van der Waals surface area (Å²) in [4.78, 5) is 19.7.